The zero-order chi connectivity index (χ0) is 14.7. The van der Waals surface area contributed by atoms with Crippen LogP contribution in [0.3, 0.4) is 0 Å². The molecule has 5 heteroatoms. The molecule has 5 N–H and O–H groups in total. The molecule has 1 aliphatic carbocycles. The predicted octanol–water partition coefficient (Wildman–Crippen LogP) is 1.84. The maximum Gasteiger partial charge on any atom is 0.157 e. The Balaban J connectivity index is 1.98. The Labute approximate surface area is 121 Å². The summed E-state index contributed by atoms with van der Waals surface area (Å²) >= 11 is 0. The number of hydrogen-bond acceptors (Lipinski definition) is 5. The van der Waals surface area contributed by atoms with Crippen molar-refractivity contribution in [3.05, 3.63) is 46.5 Å². The highest BCUT2D eigenvalue weighted by Crippen LogP contribution is 2.47. The second kappa shape index (κ2) is 4.05. The van der Waals surface area contributed by atoms with Gasteiger partial charge in [-0.1, -0.05) is 0 Å². The zero-order valence-electron chi connectivity index (χ0n) is 11.2. The Hall–Kier alpha value is -2.40. The van der Waals surface area contributed by atoms with Crippen molar-refractivity contribution in [1.29, 1.82) is 0 Å². The molecule has 2 heterocycles. The molecule has 2 unspecified atom stereocenters. The molecule has 0 amide bonds. The number of hydrogen-bond donors (Lipinski definition) is 5. The zero-order valence-corrected chi connectivity index (χ0v) is 11.2. The van der Waals surface area contributed by atoms with E-state index in [0.29, 0.717) is 13.0 Å². The van der Waals surface area contributed by atoms with E-state index in [9.17, 15) is 20.4 Å². The van der Waals surface area contributed by atoms with Crippen LogP contribution in [-0.4, -0.2) is 27.0 Å². The summed E-state index contributed by atoms with van der Waals surface area (Å²) in [5.74, 6) is -0.538. The van der Waals surface area contributed by atoms with Gasteiger partial charge in [0, 0.05) is 18.5 Å². The lowest BCUT2D eigenvalue weighted by Gasteiger charge is -2.29. The fourth-order valence-corrected chi connectivity index (χ4v) is 3.51. The molecule has 5 rings (SSSR count). The molecule has 0 spiro atoms. The van der Waals surface area contributed by atoms with E-state index < -0.39 is 0 Å². The van der Waals surface area contributed by atoms with Crippen LogP contribution >= 0.6 is 0 Å². The van der Waals surface area contributed by atoms with Crippen LogP contribution in [0.15, 0.2) is 24.3 Å². The van der Waals surface area contributed by atoms with Crippen molar-refractivity contribution in [2.24, 2.45) is 0 Å². The van der Waals surface area contributed by atoms with Gasteiger partial charge in [0.25, 0.3) is 0 Å². The van der Waals surface area contributed by atoms with E-state index in [0.717, 1.165) is 22.3 Å². The van der Waals surface area contributed by atoms with E-state index in [2.05, 4.69) is 5.32 Å². The minimum Gasteiger partial charge on any atom is -0.504 e. The summed E-state index contributed by atoms with van der Waals surface area (Å²) < 4.78 is 0. The van der Waals surface area contributed by atoms with Crippen LogP contribution in [0, 0.1) is 0 Å². The van der Waals surface area contributed by atoms with Crippen LogP contribution < -0.4 is 5.32 Å². The van der Waals surface area contributed by atoms with Crippen molar-refractivity contribution in [2.45, 2.75) is 18.4 Å². The van der Waals surface area contributed by atoms with E-state index >= 15 is 0 Å². The Bertz CT molecular complexity index is 756. The number of rotatable bonds is 0. The third-order valence-corrected chi connectivity index (χ3v) is 4.54. The van der Waals surface area contributed by atoms with Crippen molar-refractivity contribution >= 4 is 0 Å². The lowest BCUT2D eigenvalue weighted by atomic mass is 9.85. The Kier molecular flexibility index (Phi) is 2.38. The molecule has 0 aromatic heterocycles. The summed E-state index contributed by atoms with van der Waals surface area (Å²) in [6.07, 6.45) is 0.664. The summed E-state index contributed by atoms with van der Waals surface area (Å²) in [5, 5.41) is 42.4. The largest absolute Gasteiger partial charge is 0.504 e. The van der Waals surface area contributed by atoms with E-state index in [4.69, 9.17) is 0 Å². The quantitative estimate of drug-likeness (QED) is 0.476. The van der Waals surface area contributed by atoms with Crippen LogP contribution in [0.4, 0.5) is 0 Å². The molecule has 2 aromatic rings. The molecule has 5 nitrogen and oxygen atoms in total. The molecule has 2 aliphatic heterocycles. The second-order valence-corrected chi connectivity index (χ2v) is 5.73. The minimum atomic E-state index is -0.136. The lowest BCUT2D eigenvalue weighted by Crippen LogP contribution is -2.31. The number of phenolic OH excluding ortho intramolecular Hbond substituents is 4. The minimum absolute atomic E-state index is 0.0212. The molecule has 0 saturated carbocycles. The first-order valence-corrected chi connectivity index (χ1v) is 6.88. The van der Waals surface area contributed by atoms with Gasteiger partial charge in [-0.25, -0.2) is 0 Å². The first-order valence-electron chi connectivity index (χ1n) is 6.88. The average Bonchev–Trinajstić information content (AvgIpc) is 2.67. The fourth-order valence-electron chi connectivity index (χ4n) is 3.51. The molecular formula is C16H15NO4. The molecule has 2 atom stereocenters. The van der Waals surface area contributed by atoms with Crippen LogP contribution in [0.25, 0.3) is 0 Å². The van der Waals surface area contributed by atoms with Crippen molar-refractivity contribution in [1.82, 2.24) is 5.32 Å². The van der Waals surface area contributed by atoms with Crippen molar-refractivity contribution in [2.75, 3.05) is 6.54 Å². The summed E-state index contributed by atoms with van der Waals surface area (Å²) in [6, 6.07) is 6.41. The maximum atomic E-state index is 9.78. The average molecular weight is 285 g/mol. The summed E-state index contributed by atoms with van der Waals surface area (Å²) in [4.78, 5) is 0. The summed E-state index contributed by atoms with van der Waals surface area (Å²) in [6.45, 7) is 0.694. The Morgan fingerprint density at radius 3 is 2.05 bits per heavy atom. The first-order chi connectivity index (χ1) is 10.0. The van der Waals surface area contributed by atoms with Gasteiger partial charge < -0.3 is 25.7 Å². The number of nitrogens with one attached hydrogen (secondary N) is 1. The molecule has 2 bridgehead atoms. The van der Waals surface area contributed by atoms with Gasteiger partial charge >= 0.3 is 0 Å². The molecule has 0 fully saturated rings. The first kappa shape index (κ1) is 12.3. The second-order valence-electron chi connectivity index (χ2n) is 5.73. The highest BCUT2D eigenvalue weighted by Gasteiger charge is 2.35. The molecule has 0 saturated heterocycles. The molecule has 108 valence electrons. The van der Waals surface area contributed by atoms with Crippen molar-refractivity contribution in [3.8, 4) is 23.0 Å². The molecule has 3 aliphatic rings. The Morgan fingerprint density at radius 2 is 1.33 bits per heavy atom. The van der Waals surface area contributed by atoms with Gasteiger partial charge in [-0.15, -0.1) is 0 Å². The summed E-state index contributed by atoms with van der Waals surface area (Å²) in [5.41, 5.74) is 3.83. The third-order valence-electron chi connectivity index (χ3n) is 4.54. The van der Waals surface area contributed by atoms with Crippen molar-refractivity contribution in [3.63, 3.8) is 0 Å². The standard InChI is InChI=1S/C16H15NO4/c18-13-2-7-1-12-10-5-16(21)15(20)4-9(10)11(6-17-12)8(7)3-14(13)19/h2-5,11-12,17-21H,1,6H2. The SMILES string of the molecule is Oc1cc2c(cc1O)C1CNC(C2)c2cc(O)c(O)cc21. The Morgan fingerprint density at radius 1 is 0.762 bits per heavy atom. The molecular weight excluding hydrogens is 270 g/mol. The van der Waals surface area contributed by atoms with Crippen molar-refractivity contribution < 1.29 is 20.4 Å². The van der Waals surface area contributed by atoms with Gasteiger partial charge in [0.15, 0.2) is 23.0 Å². The molecule has 2 aromatic carbocycles. The van der Waals surface area contributed by atoms with E-state index in [-0.39, 0.29) is 35.0 Å². The van der Waals surface area contributed by atoms with Crippen LogP contribution in [-0.2, 0) is 6.42 Å². The molecule has 21 heavy (non-hydrogen) atoms. The van der Waals surface area contributed by atoms with Gasteiger partial charge in [0.2, 0.25) is 0 Å². The summed E-state index contributed by atoms with van der Waals surface area (Å²) in [7, 11) is 0. The van der Waals surface area contributed by atoms with Crippen LogP contribution in [0.2, 0.25) is 0 Å². The third kappa shape index (κ3) is 1.67. The van der Waals surface area contributed by atoms with Gasteiger partial charge in [0.05, 0.1) is 0 Å². The maximum absolute atomic E-state index is 9.78. The number of aromatic hydroxyl groups is 4. The van der Waals surface area contributed by atoms with Crippen LogP contribution in [0.1, 0.15) is 34.2 Å². The highest BCUT2D eigenvalue weighted by atomic mass is 16.3. The molecule has 0 radical (unpaired) electrons. The van der Waals surface area contributed by atoms with E-state index in [1.807, 2.05) is 0 Å². The van der Waals surface area contributed by atoms with Gasteiger partial charge in [-0.05, 0) is 52.9 Å². The van der Waals surface area contributed by atoms with Gasteiger partial charge in [-0.2, -0.15) is 0 Å². The van der Waals surface area contributed by atoms with Gasteiger partial charge in [-0.3, -0.25) is 0 Å². The lowest BCUT2D eigenvalue weighted by molar-refractivity contribution is 0.398. The fraction of sp³-hybridized carbons (Fsp3) is 0.250. The monoisotopic (exact) mass is 285 g/mol. The van der Waals surface area contributed by atoms with Gasteiger partial charge in [0.1, 0.15) is 0 Å². The smallest absolute Gasteiger partial charge is 0.157 e. The highest BCUT2D eigenvalue weighted by molar-refractivity contribution is 5.57. The number of fused-ring (bicyclic) bond motifs is 1. The normalized spacial score (nSPS) is 22.5. The number of phenols is 4. The topological polar surface area (TPSA) is 93.0 Å². The van der Waals surface area contributed by atoms with Crippen LogP contribution in [0.5, 0.6) is 23.0 Å². The van der Waals surface area contributed by atoms with E-state index in [1.165, 1.54) is 0 Å². The number of benzene rings is 2. The predicted molar refractivity (Wildman–Crippen MR) is 75.8 cm³/mol. The van der Waals surface area contributed by atoms with E-state index in [1.54, 1.807) is 24.3 Å².